The average molecular weight is 247 g/mol. The van der Waals surface area contributed by atoms with Crippen LogP contribution in [0.25, 0.3) is 0 Å². The lowest BCUT2D eigenvalue weighted by Crippen LogP contribution is -2.38. The second-order valence-corrected chi connectivity index (χ2v) is 4.54. The average Bonchev–Trinajstić information content (AvgIpc) is 2.36. The van der Waals surface area contributed by atoms with Crippen LogP contribution in [0.4, 0.5) is 0 Å². The Bertz CT molecular complexity index is 470. The summed E-state index contributed by atoms with van der Waals surface area (Å²) in [7, 11) is 3.08. The fourth-order valence-electron chi connectivity index (χ4n) is 2.22. The molecule has 96 valence electrons. The Morgan fingerprint density at radius 3 is 2.78 bits per heavy atom. The van der Waals surface area contributed by atoms with Gasteiger partial charge in [-0.15, -0.1) is 0 Å². The fraction of sp³-hybridized carbons (Fsp3) is 0.429. The lowest BCUT2D eigenvalue weighted by molar-refractivity contribution is -0.141. The molecule has 4 heteroatoms. The van der Waals surface area contributed by atoms with Gasteiger partial charge in [-0.2, -0.15) is 0 Å². The molecule has 0 aliphatic heterocycles. The molecule has 18 heavy (non-hydrogen) atoms. The van der Waals surface area contributed by atoms with Crippen molar-refractivity contribution in [2.45, 2.75) is 18.8 Å². The summed E-state index contributed by atoms with van der Waals surface area (Å²) in [6.07, 6.45) is 1.05. The van der Waals surface area contributed by atoms with Crippen LogP contribution >= 0.6 is 0 Å². The number of esters is 1. The van der Waals surface area contributed by atoms with E-state index in [1.165, 1.54) is 12.7 Å². The fourth-order valence-corrected chi connectivity index (χ4v) is 2.22. The van der Waals surface area contributed by atoms with Crippen molar-refractivity contribution in [1.29, 1.82) is 0 Å². The highest BCUT2D eigenvalue weighted by Crippen LogP contribution is 2.35. The maximum absolute atomic E-state index is 12.2. The first-order chi connectivity index (χ1) is 8.63. The van der Waals surface area contributed by atoms with Crippen molar-refractivity contribution in [2.75, 3.05) is 20.7 Å². The lowest BCUT2D eigenvalue weighted by atomic mass is 9.77. The first-order valence-corrected chi connectivity index (χ1v) is 6.03. The molecule has 0 saturated carbocycles. The topological polar surface area (TPSA) is 46.6 Å². The Morgan fingerprint density at radius 2 is 2.11 bits per heavy atom. The summed E-state index contributed by atoms with van der Waals surface area (Å²) in [5, 5.41) is 0. The highest BCUT2D eigenvalue weighted by molar-refractivity contribution is 5.87. The molecule has 2 rings (SSSR count). The normalized spacial score (nSPS) is 16.4. The second kappa shape index (κ2) is 5.21. The van der Waals surface area contributed by atoms with Gasteiger partial charge in [0, 0.05) is 13.6 Å². The third-order valence-corrected chi connectivity index (χ3v) is 3.41. The van der Waals surface area contributed by atoms with E-state index < -0.39 is 0 Å². The number of carbonyl (C=O) groups is 2. The predicted octanol–water partition coefficient (Wildman–Crippen LogP) is 1.35. The zero-order valence-corrected chi connectivity index (χ0v) is 10.7. The van der Waals surface area contributed by atoms with Crippen molar-refractivity contribution < 1.29 is 14.3 Å². The first-order valence-electron chi connectivity index (χ1n) is 6.03. The van der Waals surface area contributed by atoms with E-state index in [2.05, 4.69) is 4.74 Å². The minimum absolute atomic E-state index is 0.0381. The molecule has 0 aromatic heterocycles. The molecule has 0 saturated heterocycles. The van der Waals surface area contributed by atoms with E-state index in [1.807, 2.05) is 24.3 Å². The maximum atomic E-state index is 12.2. The number of benzene rings is 1. The van der Waals surface area contributed by atoms with Crippen LogP contribution in [-0.4, -0.2) is 37.5 Å². The number of methoxy groups -OCH3 is 1. The number of rotatable bonds is 4. The number of hydrogen-bond acceptors (Lipinski definition) is 3. The van der Waals surface area contributed by atoms with Crippen LogP contribution in [0, 0.1) is 0 Å². The summed E-state index contributed by atoms with van der Waals surface area (Å²) in [6, 6.07) is 7.98. The Labute approximate surface area is 107 Å². The van der Waals surface area contributed by atoms with Gasteiger partial charge in [-0.05, 0) is 17.5 Å². The molecule has 0 N–H and O–H groups in total. The van der Waals surface area contributed by atoms with Crippen molar-refractivity contribution in [3.8, 4) is 0 Å². The van der Waals surface area contributed by atoms with Gasteiger partial charge < -0.3 is 9.64 Å². The number of amides is 1. The molecule has 1 aliphatic rings. The van der Waals surface area contributed by atoms with Crippen LogP contribution in [0.1, 0.15) is 23.5 Å². The summed E-state index contributed by atoms with van der Waals surface area (Å²) in [6.45, 7) is 0.407. The molecule has 1 aliphatic carbocycles. The highest BCUT2D eigenvalue weighted by atomic mass is 16.5. The van der Waals surface area contributed by atoms with E-state index in [-0.39, 0.29) is 24.2 Å². The third kappa shape index (κ3) is 2.37. The van der Waals surface area contributed by atoms with Crippen molar-refractivity contribution in [3.05, 3.63) is 35.4 Å². The van der Waals surface area contributed by atoms with Gasteiger partial charge in [-0.3, -0.25) is 9.59 Å². The smallest absolute Gasteiger partial charge is 0.307 e. The first kappa shape index (κ1) is 12.6. The SMILES string of the molecule is COC(=O)CCN(C)C(=O)C1Cc2ccccc21. The van der Waals surface area contributed by atoms with Crippen molar-refractivity contribution in [2.24, 2.45) is 0 Å². The number of likely N-dealkylation sites (N-methyl/N-ethyl adjacent to an activating group) is 1. The molecule has 1 aromatic carbocycles. The van der Waals surface area contributed by atoms with Crippen LogP contribution in [0.3, 0.4) is 0 Å². The predicted molar refractivity (Wildman–Crippen MR) is 67.2 cm³/mol. The van der Waals surface area contributed by atoms with Gasteiger partial charge in [0.25, 0.3) is 0 Å². The molecule has 1 amide bonds. The Kier molecular flexibility index (Phi) is 3.65. The molecule has 1 atom stereocenters. The van der Waals surface area contributed by atoms with Gasteiger partial charge in [0.05, 0.1) is 19.4 Å². The molecule has 0 fully saturated rings. The molecular weight excluding hydrogens is 230 g/mol. The van der Waals surface area contributed by atoms with E-state index in [9.17, 15) is 9.59 Å². The summed E-state index contributed by atoms with van der Waals surface area (Å²) >= 11 is 0. The molecule has 0 radical (unpaired) electrons. The van der Waals surface area contributed by atoms with E-state index >= 15 is 0 Å². The van der Waals surface area contributed by atoms with Crippen LogP contribution in [0.5, 0.6) is 0 Å². The molecule has 4 nitrogen and oxygen atoms in total. The van der Waals surface area contributed by atoms with Crippen LogP contribution in [0.2, 0.25) is 0 Å². The molecule has 1 aromatic rings. The second-order valence-electron chi connectivity index (χ2n) is 4.54. The van der Waals surface area contributed by atoms with Gasteiger partial charge in [-0.1, -0.05) is 24.3 Å². The molecule has 0 heterocycles. The number of ether oxygens (including phenoxy) is 1. The van der Waals surface area contributed by atoms with E-state index in [1.54, 1.807) is 11.9 Å². The maximum Gasteiger partial charge on any atom is 0.307 e. The van der Waals surface area contributed by atoms with Crippen LogP contribution in [0.15, 0.2) is 24.3 Å². The number of fused-ring (bicyclic) bond motifs is 1. The van der Waals surface area contributed by atoms with Gasteiger partial charge in [0.1, 0.15) is 0 Å². The van der Waals surface area contributed by atoms with Gasteiger partial charge in [-0.25, -0.2) is 0 Å². The van der Waals surface area contributed by atoms with Gasteiger partial charge in [0.15, 0.2) is 0 Å². The highest BCUT2D eigenvalue weighted by Gasteiger charge is 2.33. The summed E-state index contributed by atoms with van der Waals surface area (Å²) < 4.78 is 4.56. The van der Waals surface area contributed by atoms with Crippen molar-refractivity contribution in [1.82, 2.24) is 4.90 Å². The Balaban J connectivity index is 1.91. The van der Waals surface area contributed by atoms with Gasteiger partial charge in [0.2, 0.25) is 5.91 Å². The summed E-state index contributed by atoms with van der Waals surface area (Å²) in [4.78, 5) is 24.8. The lowest BCUT2D eigenvalue weighted by Gasteiger charge is -2.32. The largest absolute Gasteiger partial charge is 0.469 e. The van der Waals surface area contributed by atoms with Crippen LogP contribution < -0.4 is 0 Å². The molecule has 0 bridgehead atoms. The zero-order chi connectivity index (χ0) is 13.1. The summed E-state index contributed by atoms with van der Waals surface area (Å²) in [5.74, 6) is -0.245. The minimum atomic E-state index is -0.288. The van der Waals surface area contributed by atoms with Crippen molar-refractivity contribution in [3.63, 3.8) is 0 Å². The van der Waals surface area contributed by atoms with Gasteiger partial charge >= 0.3 is 5.97 Å². The van der Waals surface area contributed by atoms with E-state index in [0.717, 1.165) is 12.0 Å². The number of carbonyl (C=O) groups excluding carboxylic acids is 2. The number of nitrogens with zero attached hydrogens (tertiary/aromatic N) is 1. The monoisotopic (exact) mass is 247 g/mol. The molecule has 1 unspecified atom stereocenters. The molecular formula is C14H17NO3. The Morgan fingerprint density at radius 1 is 1.39 bits per heavy atom. The number of hydrogen-bond donors (Lipinski definition) is 0. The minimum Gasteiger partial charge on any atom is -0.469 e. The van der Waals surface area contributed by atoms with Crippen LogP contribution in [-0.2, 0) is 20.7 Å². The van der Waals surface area contributed by atoms with Crippen molar-refractivity contribution >= 4 is 11.9 Å². The third-order valence-electron chi connectivity index (χ3n) is 3.41. The zero-order valence-electron chi connectivity index (χ0n) is 10.7. The summed E-state index contributed by atoms with van der Waals surface area (Å²) in [5.41, 5.74) is 2.37. The molecule has 0 spiro atoms. The van der Waals surface area contributed by atoms with E-state index in [0.29, 0.717) is 6.54 Å². The Hall–Kier alpha value is -1.84. The standard InChI is InChI=1S/C14H17NO3/c1-15(8-7-13(16)18-2)14(17)12-9-10-5-3-4-6-11(10)12/h3-6,12H,7-9H2,1-2H3. The quantitative estimate of drug-likeness (QED) is 0.754. The van der Waals surface area contributed by atoms with E-state index in [4.69, 9.17) is 0 Å².